The minimum absolute atomic E-state index is 0.153. The molecule has 0 bridgehead atoms. The highest BCUT2D eigenvalue weighted by molar-refractivity contribution is 6.22. The number of carbonyl (C=O) groups is 1. The second-order valence-electron chi connectivity index (χ2n) is 6.52. The monoisotopic (exact) mass is 295 g/mol. The van der Waals surface area contributed by atoms with Gasteiger partial charge in [-0.2, -0.15) is 0 Å². The molecule has 0 atom stereocenters. The molecule has 2 aromatic rings. The van der Waals surface area contributed by atoms with Gasteiger partial charge in [-0.3, -0.25) is 9.79 Å². The molecule has 2 aliphatic rings. The fraction of sp³-hybridized carbons (Fsp3) is 0.444. The van der Waals surface area contributed by atoms with E-state index in [1.54, 1.807) is 0 Å². The second kappa shape index (κ2) is 5.06. The first-order valence-electron chi connectivity index (χ1n) is 8.02. The van der Waals surface area contributed by atoms with Gasteiger partial charge in [0.2, 0.25) is 0 Å². The number of ketones is 1. The number of Topliss-reactive ketones (excluding diaryl/α,β-unsaturated/α-hetero) is 1. The van der Waals surface area contributed by atoms with Gasteiger partial charge in [0.05, 0.1) is 0 Å². The number of nitrogens with zero attached hydrogens (tertiary/aromatic N) is 3. The third kappa shape index (κ3) is 1.94. The Labute approximate surface area is 130 Å². The fourth-order valence-electron chi connectivity index (χ4n) is 3.77. The highest BCUT2D eigenvalue weighted by Crippen LogP contribution is 2.36. The maximum Gasteiger partial charge on any atom is 0.184 e. The third-order valence-electron chi connectivity index (χ3n) is 4.80. The molecule has 4 rings (SSSR count). The molecule has 0 fully saturated rings. The van der Waals surface area contributed by atoms with Crippen LogP contribution in [0.15, 0.2) is 23.2 Å². The summed E-state index contributed by atoms with van der Waals surface area (Å²) in [6.07, 6.45) is 3.22. The molecule has 1 aliphatic heterocycles. The maximum atomic E-state index is 12.4. The number of likely N-dealkylation sites (N-methyl/N-ethyl adjacent to an activating group) is 1. The van der Waals surface area contributed by atoms with E-state index < -0.39 is 0 Å². The van der Waals surface area contributed by atoms with Crippen molar-refractivity contribution in [3.8, 4) is 0 Å². The smallest absolute Gasteiger partial charge is 0.184 e. The number of carbonyl (C=O) groups excluding carboxylic acids is 1. The van der Waals surface area contributed by atoms with E-state index >= 15 is 0 Å². The molecular formula is C18H21N3O. The number of benzene rings is 1. The van der Waals surface area contributed by atoms with E-state index in [9.17, 15) is 4.79 Å². The van der Waals surface area contributed by atoms with E-state index in [0.717, 1.165) is 49.0 Å². The van der Waals surface area contributed by atoms with Crippen molar-refractivity contribution in [2.75, 3.05) is 27.2 Å². The lowest BCUT2D eigenvalue weighted by molar-refractivity contribution is 0.100. The van der Waals surface area contributed by atoms with Crippen LogP contribution in [0.3, 0.4) is 0 Å². The van der Waals surface area contributed by atoms with Crippen molar-refractivity contribution in [2.24, 2.45) is 4.99 Å². The molecule has 22 heavy (non-hydrogen) atoms. The Bertz CT molecular complexity index is 798. The molecule has 4 nitrogen and oxygen atoms in total. The number of hydrogen-bond donors (Lipinski definition) is 0. The van der Waals surface area contributed by atoms with Crippen LogP contribution in [0.2, 0.25) is 0 Å². The third-order valence-corrected chi connectivity index (χ3v) is 4.80. The normalized spacial score (nSPS) is 17.0. The summed E-state index contributed by atoms with van der Waals surface area (Å²) in [5.74, 6) is 0.153. The number of aromatic nitrogens is 1. The molecule has 0 radical (unpaired) electrons. The maximum absolute atomic E-state index is 12.4. The molecule has 1 aromatic heterocycles. The first-order valence-corrected chi connectivity index (χ1v) is 8.02. The van der Waals surface area contributed by atoms with Crippen LogP contribution >= 0.6 is 0 Å². The summed E-state index contributed by atoms with van der Waals surface area (Å²) in [5.41, 5.74) is 5.85. The van der Waals surface area contributed by atoms with Crippen molar-refractivity contribution in [3.63, 3.8) is 0 Å². The summed E-state index contributed by atoms with van der Waals surface area (Å²) in [4.78, 5) is 19.3. The molecule has 0 spiro atoms. The van der Waals surface area contributed by atoms with Crippen LogP contribution in [0.1, 0.15) is 34.5 Å². The Morgan fingerprint density at radius 1 is 1.27 bits per heavy atom. The van der Waals surface area contributed by atoms with Gasteiger partial charge < -0.3 is 9.47 Å². The topological polar surface area (TPSA) is 37.6 Å². The summed E-state index contributed by atoms with van der Waals surface area (Å²) in [6, 6.07) is 6.13. The number of hydrogen-bond acceptors (Lipinski definition) is 3. The largest absolute Gasteiger partial charge is 0.343 e. The van der Waals surface area contributed by atoms with Crippen LogP contribution in [-0.2, 0) is 13.0 Å². The summed E-state index contributed by atoms with van der Waals surface area (Å²) >= 11 is 0. The van der Waals surface area contributed by atoms with Crippen LogP contribution in [-0.4, -0.2) is 48.1 Å². The molecule has 114 valence electrons. The molecular weight excluding hydrogens is 274 g/mol. The highest BCUT2D eigenvalue weighted by atomic mass is 16.1. The number of rotatable bonds is 3. The number of aliphatic imine (C=N–C) groups is 1. The zero-order valence-corrected chi connectivity index (χ0v) is 13.2. The van der Waals surface area contributed by atoms with Gasteiger partial charge in [0.15, 0.2) is 5.78 Å². The molecule has 0 unspecified atom stereocenters. The van der Waals surface area contributed by atoms with Gasteiger partial charge in [-0.25, -0.2) is 0 Å². The van der Waals surface area contributed by atoms with Crippen molar-refractivity contribution in [1.82, 2.24) is 9.47 Å². The van der Waals surface area contributed by atoms with Gasteiger partial charge in [-0.15, -0.1) is 0 Å². The predicted octanol–water partition coefficient (Wildman–Crippen LogP) is 2.52. The van der Waals surface area contributed by atoms with Crippen molar-refractivity contribution in [2.45, 2.75) is 25.8 Å². The molecule has 2 heterocycles. The molecule has 0 saturated heterocycles. The van der Waals surface area contributed by atoms with Crippen LogP contribution in [0.25, 0.3) is 10.9 Å². The zero-order chi connectivity index (χ0) is 15.3. The molecule has 0 amide bonds. The average molecular weight is 295 g/mol. The van der Waals surface area contributed by atoms with Crippen LogP contribution < -0.4 is 0 Å². The lowest BCUT2D eigenvalue weighted by atomic mass is 9.92. The Morgan fingerprint density at radius 3 is 2.95 bits per heavy atom. The van der Waals surface area contributed by atoms with E-state index in [1.807, 2.05) is 12.1 Å². The van der Waals surface area contributed by atoms with E-state index in [4.69, 9.17) is 0 Å². The Hall–Kier alpha value is -1.94. The van der Waals surface area contributed by atoms with E-state index in [1.165, 1.54) is 16.8 Å². The lowest BCUT2D eigenvalue weighted by Gasteiger charge is -2.19. The van der Waals surface area contributed by atoms with E-state index in [0.29, 0.717) is 6.54 Å². The van der Waals surface area contributed by atoms with E-state index in [2.05, 4.69) is 34.6 Å². The first kappa shape index (κ1) is 13.7. The van der Waals surface area contributed by atoms with Gasteiger partial charge in [0, 0.05) is 46.5 Å². The summed E-state index contributed by atoms with van der Waals surface area (Å²) < 4.78 is 2.42. The quantitative estimate of drug-likeness (QED) is 0.872. The zero-order valence-electron chi connectivity index (χ0n) is 13.2. The van der Waals surface area contributed by atoms with Crippen LogP contribution in [0.4, 0.5) is 0 Å². The lowest BCUT2D eigenvalue weighted by Crippen LogP contribution is -2.21. The van der Waals surface area contributed by atoms with Crippen LogP contribution in [0, 0.1) is 0 Å². The van der Waals surface area contributed by atoms with Gasteiger partial charge in [0.25, 0.3) is 0 Å². The molecule has 0 saturated carbocycles. The first-order chi connectivity index (χ1) is 10.7. The predicted molar refractivity (Wildman–Crippen MR) is 89.2 cm³/mol. The average Bonchev–Trinajstić information content (AvgIpc) is 2.76. The summed E-state index contributed by atoms with van der Waals surface area (Å²) in [5, 5.41) is 1.15. The van der Waals surface area contributed by atoms with E-state index in [-0.39, 0.29) is 5.78 Å². The van der Waals surface area contributed by atoms with Gasteiger partial charge in [-0.05, 0) is 39.4 Å². The molecule has 1 aliphatic carbocycles. The Kier molecular flexibility index (Phi) is 3.15. The van der Waals surface area contributed by atoms with Gasteiger partial charge in [0.1, 0.15) is 6.54 Å². The van der Waals surface area contributed by atoms with Crippen molar-refractivity contribution < 1.29 is 4.79 Å². The molecule has 0 N–H and O–H groups in total. The minimum atomic E-state index is 0.153. The Balaban J connectivity index is 2.02. The Morgan fingerprint density at radius 2 is 2.14 bits per heavy atom. The fourth-order valence-corrected chi connectivity index (χ4v) is 3.77. The second-order valence-corrected chi connectivity index (χ2v) is 6.52. The molecule has 1 aromatic carbocycles. The van der Waals surface area contributed by atoms with Crippen molar-refractivity contribution in [1.29, 1.82) is 0 Å². The van der Waals surface area contributed by atoms with Crippen molar-refractivity contribution in [3.05, 3.63) is 35.0 Å². The molecule has 4 heteroatoms. The van der Waals surface area contributed by atoms with Gasteiger partial charge in [-0.1, -0.05) is 12.1 Å². The SMILES string of the molecule is CN(C)CCn1c2c3c4c(cccc41)C(=O)CN=C3CCC2. The minimum Gasteiger partial charge on any atom is -0.343 e. The van der Waals surface area contributed by atoms with Gasteiger partial charge >= 0.3 is 0 Å². The standard InChI is InChI=1S/C18H21N3O/c1-20(2)9-10-21-14-7-3-5-12-16(22)11-19-13-6-4-8-15(21)18(13)17(12)14/h3,5,7H,4,6,8-11H2,1-2H3. The van der Waals surface area contributed by atoms with Crippen LogP contribution in [0.5, 0.6) is 0 Å². The van der Waals surface area contributed by atoms with Crippen molar-refractivity contribution >= 4 is 22.4 Å². The summed E-state index contributed by atoms with van der Waals surface area (Å²) in [6.45, 7) is 2.27. The highest BCUT2D eigenvalue weighted by Gasteiger charge is 2.29. The summed E-state index contributed by atoms with van der Waals surface area (Å²) in [7, 11) is 4.20.